The third kappa shape index (κ3) is 3.74. The number of rotatable bonds is 6. The summed E-state index contributed by atoms with van der Waals surface area (Å²) in [6.45, 7) is 0. The number of fused-ring (bicyclic) bond motifs is 2. The van der Waals surface area contributed by atoms with Crippen LogP contribution in [0.15, 0.2) is 69.7 Å². The molecule has 2 aromatic carbocycles. The van der Waals surface area contributed by atoms with Crippen molar-refractivity contribution in [1.82, 2.24) is 4.98 Å². The molecule has 3 aromatic heterocycles. The number of furan rings is 1. The number of aromatic nitrogens is 1. The fourth-order valence-electron chi connectivity index (χ4n) is 4.38. The maximum Gasteiger partial charge on any atom is 0.335 e. The number of aliphatic hydroxyl groups excluding tert-OH is 1. The monoisotopic (exact) mass is 566 g/mol. The topological polar surface area (TPSA) is 130 Å². The van der Waals surface area contributed by atoms with E-state index in [0.29, 0.717) is 36.8 Å². The Morgan fingerprint density at radius 3 is 2.71 bits per heavy atom. The summed E-state index contributed by atoms with van der Waals surface area (Å²) >= 11 is 8.54. The van der Waals surface area contributed by atoms with Crippen LogP contribution in [0.4, 0.5) is 5.13 Å². The minimum absolute atomic E-state index is 0.0764. The highest BCUT2D eigenvalue weighted by atomic mass is 35.5. The van der Waals surface area contributed by atoms with Crippen molar-refractivity contribution in [3.8, 4) is 5.75 Å². The van der Waals surface area contributed by atoms with Gasteiger partial charge in [-0.3, -0.25) is 14.5 Å². The van der Waals surface area contributed by atoms with Gasteiger partial charge >= 0.3 is 5.97 Å². The summed E-state index contributed by atoms with van der Waals surface area (Å²) in [5.41, 5.74) is 0.697. The fourth-order valence-corrected chi connectivity index (χ4v) is 6.45. The Hall–Kier alpha value is -4.19. The Morgan fingerprint density at radius 2 is 2.00 bits per heavy atom. The number of aliphatic hydroxyl groups is 1. The van der Waals surface area contributed by atoms with Gasteiger partial charge in [-0.15, -0.1) is 11.3 Å². The number of aromatic carboxylic acids is 1. The third-order valence-electron chi connectivity index (χ3n) is 6.09. The maximum absolute atomic E-state index is 13.8. The molecule has 1 atom stereocenters. The van der Waals surface area contributed by atoms with Crippen LogP contribution in [0.3, 0.4) is 0 Å². The number of ether oxygens (including phenoxy) is 1. The predicted molar refractivity (Wildman–Crippen MR) is 143 cm³/mol. The van der Waals surface area contributed by atoms with E-state index in [-0.39, 0.29) is 22.0 Å². The first-order valence-corrected chi connectivity index (χ1v) is 13.1. The number of anilines is 1. The molecule has 1 aliphatic rings. The van der Waals surface area contributed by atoms with Crippen molar-refractivity contribution in [2.45, 2.75) is 6.04 Å². The first-order valence-electron chi connectivity index (χ1n) is 11.0. The Bertz CT molecular complexity index is 1820. The van der Waals surface area contributed by atoms with Crippen LogP contribution in [0.1, 0.15) is 31.8 Å². The smallest absolute Gasteiger partial charge is 0.335 e. The summed E-state index contributed by atoms with van der Waals surface area (Å²) in [7, 11) is 1.45. The molecule has 2 N–H and O–H groups in total. The van der Waals surface area contributed by atoms with Crippen LogP contribution in [0.5, 0.6) is 5.75 Å². The minimum atomic E-state index is -1.09. The van der Waals surface area contributed by atoms with E-state index in [9.17, 15) is 24.6 Å². The third-order valence-corrected chi connectivity index (χ3v) is 8.25. The van der Waals surface area contributed by atoms with E-state index in [1.807, 2.05) is 0 Å². The number of carbonyl (C=O) groups excluding carboxylic acids is 2. The molecule has 6 rings (SSSR count). The molecule has 1 unspecified atom stereocenters. The number of halogens is 1. The molecule has 4 heterocycles. The van der Waals surface area contributed by atoms with Crippen molar-refractivity contribution in [2.24, 2.45) is 0 Å². The van der Waals surface area contributed by atoms with Gasteiger partial charge < -0.3 is 19.4 Å². The summed E-state index contributed by atoms with van der Waals surface area (Å²) in [5, 5.41) is 23.2. The molecule has 1 aliphatic heterocycles. The first-order chi connectivity index (χ1) is 18.3. The van der Waals surface area contributed by atoms with Crippen LogP contribution in [0.25, 0.3) is 21.2 Å². The number of ketones is 1. The lowest BCUT2D eigenvalue weighted by Crippen LogP contribution is -2.30. The van der Waals surface area contributed by atoms with Gasteiger partial charge in [0.25, 0.3) is 5.91 Å². The number of carboxylic acid groups (broad SMARTS) is 1. The molecule has 190 valence electrons. The van der Waals surface area contributed by atoms with Crippen LogP contribution < -0.4 is 9.64 Å². The highest BCUT2D eigenvalue weighted by Crippen LogP contribution is 2.46. The summed E-state index contributed by atoms with van der Waals surface area (Å²) < 4.78 is 11.7. The van der Waals surface area contributed by atoms with E-state index in [4.69, 9.17) is 20.8 Å². The van der Waals surface area contributed by atoms with Crippen LogP contribution in [-0.2, 0) is 4.79 Å². The predicted octanol–water partition coefficient (Wildman–Crippen LogP) is 6.25. The largest absolute Gasteiger partial charge is 0.503 e. The molecule has 0 saturated heterocycles. The number of Topliss-reactive ketones (excluding diaryl/α,β-unsaturated/α-hetero) is 1. The SMILES string of the molecule is COc1cc(Cl)cc2cc(C(=O)C3=C(O)C(=O)N(c4nc5ccc(C(=O)O)cc5s4)C3c3cccs3)oc12. The van der Waals surface area contributed by atoms with Gasteiger partial charge in [0.2, 0.25) is 5.78 Å². The summed E-state index contributed by atoms with van der Waals surface area (Å²) in [4.78, 5) is 45.0. The van der Waals surface area contributed by atoms with Gasteiger partial charge in [0, 0.05) is 21.4 Å². The van der Waals surface area contributed by atoms with E-state index < -0.39 is 29.5 Å². The minimum Gasteiger partial charge on any atom is -0.503 e. The molecule has 38 heavy (non-hydrogen) atoms. The molecule has 0 saturated carbocycles. The quantitative estimate of drug-likeness (QED) is 0.231. The average Bonchev–Trinajstić information content (AvgIpc) is 3.68. The van der Waals surface area contributed by atoms with Gasteiger partial charge in [-0.2, -0.15) is 0 Å². The van der Waals surface area contributed by atoms with Crippen molar-refractivity contribution >= 4 is 78.3 Å². The average molecular weight is 567 g/mol. The summed E-state index contributed by atoms with van der Waals surface area (Å²) in [6.07, 6.45) is 0. The number of amides is 1. The highest BCUT2D eigenvalue weighted by Gasteiger charge is 2.47. The number of thiazole rings is 1. The van der Waals surface area contributed by atoms with Gasteiger partial charge in [0.15, 0.2) is 28.0 Å². The van der Waals surface area contributed by atoms with Crippen LogP contribution in [0, 0.1) is 0 Å². The number of nitrogens with zero attached hydrogens (tertiary/aromatic N) is 2. The van der Waals surface area contributed by atoms with Crippen molar-refractivity contribution in [1.29, 1.82) is 0 Å². The molecule has 0 bridgehead atoms. The van der Waals surface area contributed by atoms with Crippen LogP contribution in [0.2, 0.25) is 5.02 Å². The van der Waals surface area contributed by atoms with Gasteiger partial charge in [0.05, 0.1) is 28.5 Å². The van der Waals surface area contributed by atoms with E-state index in [0.717, 1.165) is 11.3 Å². The fraction of sp³-hybridized carbons (Fsp3) is 0.0769. The highest BCUT2D eigenvalue weighted by molar-refractivity contribution is 7.22. The van der Waals surface area contributed by atoms with Crippen molar-refractivity contribution < 1.29 is 33.8 Å². The van der Waals surface area contributed by atoms with E-state index in [1.54, 1.807) is 35.7 Å². The van der Waals surface area contributed by atoms with E-state index in [1.165, 1.54) is 41.5 Å². The zero-order valence-electron chi connectivity index (χ0n) is 19.3. The number of carboxylic acids is 1. The van der Waals surface area contributed by atoms with Crippen molar-refractivity contribution in [3.05, 3.63) is 86.5 Å². The molecule has 0 spiro atoms. The van der Waals surface area contributed by atoms with Crippen LogP contribution in [-0.4, -0.2) is 40.0 Å². The summed E-state index contributed by atoms with van der Waals surface area (Å²) in [5.74, 6) is -3.06. The molecule has 0 radical (unpaired) electrons. The molecular weight excluding hydrogens is 552 g/mol. The number of thiophene rings is 1. The molecular formula is C26H15ClN2O7S2. The molecule has 9 nitrogen and oxygen atoms in total. The van der Waals surface area contributed by atoms with Crippen molar-refractivity contribution in [3.63, 3.8) is 0 Å². The Labute approximate surface area is 226 Å². The second-order valence-electron chi connectivity index (χ2n) is 8.31. The van der Waals surface area contributed by atoms with Crippen LogP contribution >= 0.6 is 34.3 Å². The molecule has 0 fully saturated rings. The lowest BCUT2D eigenvalue weighted by atomic mass is 10.0. The molecule has 5 aromatic rings. The maximum atomic E-state index is 13.8. The van der Waals surface area contributed by atoms with Gasteiger partial charge in [-0.05, 0) is 41.8 Å². The molecule has 0 aliphatic carbocycles. The second-order valence-corrected chi connectivity index (χ2v) is 10.7. The molecule has 12 heteroatoms. The Morgan fingerprint density at radius 1 is 1.18 bits per heavy atom. The zero-order valence-corrected chi connectivity index (χ0v) is 21.7. The molecule has 1 amide bonds. The number of methoxy groups -OCH3 is 1. The summed E-state index contributed by atoms with van der Waals surface area (Å²) in [6, 6.07) is 11.6. The van der Waals surface area contributed by atoms with E-state index in [2.05, 4.69) is 4.98 Å². The van der Waals surface area contributed by atoms with E-state index >= 15 is 0 Å². The zero-order chi connectivity index (χ0) is 26.7. The Kier molecular flexibility index (Phi) is 5.71. The number of hydrogen-bond acceptors (Lipinski definition) is 9. The number of carbonyl (C=O) groups is 3. The number of benzene rings is 2. The second kappa shape index (κ2) is 8.98. The lowest BCUT2D eigenvalue weighted by Gasteiger charge is -2.22. The first kappa shape index (κ1) is 24.2. The van der Waals surface area contributed by atoms with Gasteiger partial charge in [0.1, 0.15) is 6.04 Å². The van der Waals surface area contributed by atoms with Gasteiger partial charge in [-0.25, -0.2) is 9.78 Å². The normalized spacial score (nSPS) is 15.7. The Balaban J connectivity index is 1.47. The van der Waals surface area contributed by atoms with Crippen molar-refractivity contribution in [2.75, 3.05) is 12.0 Å². The van der Waals surface area contributed by atoms with Gasteiger partial charge in [-0.1, -0.05) is 29.0 Å². The number of hydrogen-bond donors (Lipinski definition) is 2. The lowest BCUT2D eigenvalue weighted by molar-refractivity contribution is -0.117. The standard InChI is InChI=1S/C26H15ClN2O7S2/c1-35-16-10-13(27)7-12-8-15(36-23(12)16)21(30)19-20(17-3-2-6-37-17)29(24(32)22(19)31)26-28-14-5-4-11(25(33)34)9-18(14)38-26/h2-10,20,31H,1H3,(H,33,34).